The number of aryl methyl sites for hydroxylation is 1. The maximum absolute atomic E-state index is 5.94. The summed E-state index contributed by atoms with van der Waals surface area (Å²) in [5.41, 5.74) is 9.35. The van der Waals surface area contributed by atoms with Crippen LogP contribution >= 0.6 is 0 Å². The Balaban J connectivity index is 1.87. The van der Waals surface area contributed by atoms with Crippen molar-refractivity contribution < 1.29 is 0 Å². The number of anilines is 2. The van der Waals surface area contributed by atoms with Crippen LogP contribution in [0, 0.1) is 6.92 Å². The van der Waals surface area contributed by atoms with Gasteiger partial charge in [-0.2, -0.15) is 0 Å². The smallest absolute Gasteiger partial charge is 0.149 e. The molecule has 86 valence electrons. The molecule has 1 aliphatic carbocycles. The van der Waals surface area contributed by atoms with E-state index in [1.165, 1.54) is 19.3 Å². The minimum absolute atomic E-state index is 0.767. The van der Waals surface area contributed by atoms with Gasteiger partial charge in [0.25, 0.3) is 0 Å². The van der Waals surface area contributed by atoms with Crippen LogP contribution in [0.5, 0.6) is 0 Å². The number of nitrogens with one attached hydrogen (secondary N) is 1. The second kappa shape index (κ2) is 5.01. The Bertz CT molecular complexity index is 396. The molecule has 3 heteroatoms. The summed E-state index contributed by atoms with van der Waals surface area (Å²) in [7, 11) is 0. The molecule has 1 aliphatic rings. The molecule has 0 fully saturated rings. The zero-order valence-electron chi connectivity index (χ0n) is 9.79. The van der Waals surface area contributed by atoms with E-state index < -0.39 is 0 Å². The molecule has 1 aromatic rings. The molecule has 0 aromatic carbocycles. The number of hydrogen-bond donors (Lipinski definition) is 2. The van der Waals surface area contributed by atoms with E-state index >= 15 is 0 Å². The molecule has 16 heavy (non-hydrogen) atoms. The summed E-state index contributed by atoms with van der Waals surface area (Å²) in [6.45, 7) is 2.92. The van der Waals surface area contributed by atoms with Crippen molar-refractivity contribution in [1.29, 1.82) is 0 Å². The van der Waals surface area contributed by atoms with Crippen molar-refractivity contribution in [2.24, 2.45) is 0 Å². The monoisotopic (exact) mass is 217 g/mol. The van der Waals surface area contributed by atoms with Crippen molar-refractivity contribution >= 4 is 11.5 Å². The Hall–Kier alpha value is -1.51. The van der Waals surface area contributed by atoms with Crippen LogP contribution in [0.3, 0.4) is 0 Å². The van der Waals surface area contributed by atoms with Crippen molar-refractivity contribution in [2.75, 3.05) is 17.6 Å². The first-order valence-electron chi connectivity index (χ1n) is 5.90. The molecule has 3 N–H and O–H groups in total. The van der Waals surface area contributed by atoms with Gasteiger partial charge in [-0.15, -0.1) is 0 Å². The Labute approximate surface area is 96.8 Å². The van der Waals surface area contributed by atoms with Gasteiger partial charge < -0.3 is 11.1 Å². The SMILES string of the molecule is Cc1ccnc(NCCC2=CCCC2)c1N. The molecule has 1 heterocycles. The van der Waals surface area contributed by atoms with Gasteiger partial charge in [0, 0.05) is 12.7 Å². The van der Waals surface area contributed by atoms with Gasteiger partial charge in [0.15, 0.2) is 0 Å². The van der Waals surface area contributed by atoms with Gasteiger partial charge in [0.1, 0.15) is 5.82 Å². The van der Waals surface area contributed by atoms with Gasteiger partial charge in [0.05, 0.1) is 5.69 Å². The number of aromatic nitrogens is 1. The minimum Gasteiger partial charge on any atom is -0.396 e. The molecule has 0 unspecified atom stereocenters. The van der Waals surface area contributed by atoms with Crippen molar-refractivity contribution in [2.45, 2.75) is 32.6 Å². The van der Waals surface area contributed by atoms with E-state index in [9.17, 15) is 0 Å². The number of allylic oxidation sites excluding steroid dienone is 1. The summed E-state index contributed by atoms with van der Waals surface area (Å²) in [5, 5.41) is 3.30. The number of pyridine rings is 1. The average molecular weight is 217 g/mol. The van der Waals surface area contributed by atoms with Crippen LogP contribution in [-0.4, -0.2) is 11.5 Å². The average Bonchev–Trinajstić information content (AvgIpc) is 2.77. The van der Waals surface area contributed by atoms with Crippen LogP contribution in [0.15, 0.2) is 23.9 Å². The van der Waals surface area contributed by atoms with E-state index in [0.29, 0.717) is 0 Å². The quantitative estimate of drug-likeness (QED) is 0.762. The number of nitrogen functional groups attached to an aromatic ring is 1. The first kappa shape index (κ1) is 11.0. The summed E-state index contributed by atoms with van der Waals surface area (Å²) >= 11 is 0. The highest BCUT2D eigenvalue weighted by atomic mass is 15.0. The molecule has 0 spiro atoms. The highest BCUT2D eigenvalue weighted by Gasteiger charge is 2.05. The molecule has 0 bridgehead atoms. The van der Waals surface area contributed by atoms with Crippen molar-refractivity contribution in [3.05, 3.63) is 29.5 Å². The Morgan fingerprint density at radius 2 is 2.38 bits per heavy atom. The molecule has 0 aliphatic heterocycles. The molecule has 0 atom stereocenters. The summed E-state index contributed by atoms with van der Waals surface area (Å²) < 4.78 is 0. The van der Waals surface area contributed by atoms with Gasteiger partial charge in [-0.25, -0.2) is 4.98 Å². The van der Waals surface area contributed by atoms with Gasteiger partial charge >= 0.3 is 0 Å². The lowest BCUT2D eigenvalue weighted by molar-refractivity contribution is 0.862. The van der Waals surface area contributed by atoms with E-state index in [1.807, 2.05) is 13.0 Å². The van der Waals surface area contributed by atoms with Crippen molar-refractivity contribution in [3.8, 4) is 0 Å². The molecule has 0 saturated carbocycles. The third-order valence-electron chi connectivity index (χ3n) is 3.08. The normalized spacial score (nSPS) is 14.9. The van der Waals surface area contributed by atoms with Crippen LogP contribution in [0.2, 0.25) is 0 Å². The van der Waals surface area contributed by atoms with Crippen LogP contribution in [-0.2, 0) is 0 Å². The summed E-state index contributed by atoms with van der Waals surface area (Å²) in [6.07, 6.45) is 9.09. The standard InChI is InChI=1S/C13H19N3/c1-10-6-8-15-13(12(10)14)16-9-7-11-4-2-3-5-11/h4,6,8H,2-3,5,7,9,14H2,1H3,(H,15,16). The molecular weight excluding hydrogens is 198 g/mol. The Kier molecular flexibility index (Phi) is 3.44. The second-order valence-electron chi connectivity index (χ2n) is 4.32. The minimum atomic E-state index is 0.767. The fourth-order valence-corrected chi connectivity index (χ4v) is 2.02. The Morgan fingerprint density at radius 1 is 1.50 bits per heavy atom. The largest absolute Gasteiger partial charge is 0.396 e. The van der Waals surface area contributed by atoms with Crippen molar-refractivity contribution in [1.82, 2.24) is 4.98 Å². The molecule has 3 nitrogen and oxygen atoms in total. The van der Waals surface area contributed by atoms with Gasteiger partial charge in [-0.05, 0) is 44.2 Å². The van der Waals surface area contributed by atoms with Crippen LogP contribution in [0.1, 0.15) is 31.2 Å². The summed E-state index contributed by atoms with van der Waals surface area (Å²) in [6, 6.07) is 1.93. The van der Waals surface area contributed by atoms with E-state index in [2.05, 4.69) is 16.4 Å². The first-order chi connectivity index (χ1) is 7.77. The fraction of sp³-hybridized carbons (Fsp3) is 0.462. The predicted molar refractivity (Wildman–Crippen MR) is 68.4 cm³/mol. The lowest BCUT2D eigenvalue weighted by Gasteiger charge is -2.10. The van der Waals surface area contributed by atoms with Crippen LogP contribution in [0.25, 0.3) is 0 Å². The zero-order valence-corrected chi connectivity index (χ0v) is 9.79. The highest BCUT2D eigenvalue weighted by Crippen LogP contribution is 2.22. The maximum atomic E-state index is 5.94. The number of hydrogen-bond acceptors (Lipinski definition) is 3. The van der Waals surface area contributed by atoms with Crippen LogP contribution < -0.4 is 11.1 Å². The predicted octanol–water partition coefficient (Wildman–Crippen LogP) is 2.88. The molecule has 0 radical (unpaired) electrons. The lowest BCUT2D eigenvalue weighted by atomic mass is 10.1. The molecule has 2 rings (SSSR count). The van der Waals surface area contributed by atoms with Crippen LogP contribution in [0.4, 0.5) is 11.5 Å². The highest BCUT2D eigenvalue weighted by molar-refractivity contribution is 5.64. The van der Waals surface area contributed by atoms with E-state index in [-0.39, 0.29) is 0 Å². The van der Waals surface area contributed by atoms with Gasteiger partial charge in [-0.1, -0.05) is 11.6 Å². The number of nitrogens with zero attached hydrogens (tertiary/aromatic N) is 1. The molecule has 0 saturated heterocycles. The number of nitrogens with two attached hydrogens (primary N) is 1. The zero-order chi connectivity index (χ0) is 11.4. The topological polar surface area (TPSA) is 50.9 Å². The number of rotatable bonds is 4. The molecule has 1 aromatic heterocycles. The summed E-state index contributed by atoms with van der Waals surface area (Å²) in [4.78, 5) is 4.25. The van der Waals surface area contributed by atoms with Gasteiger partial charge in [-0.3, -0.25) is 0 Å². The van der Waals surface area contributed by atoms with E-state index in [1.54, 1.807) is 11.8 Å². The first-order valence-corrected chi connectivity index (χ1v) is 5.90. The second-order valence-corrected chi connectivity index (χ2v) is 4.32. The fourth-order valence-electron chi connectivity index (χ4n) is 2.02. The Morgan fingerprint density at radius 3 is 3.12 bits per heavy atom. The summed E-state index contributed by atoms with van der Waals surface area (Å²) in [5.74, 6) is 0.818. The van der Waals surface area contributed by atoms with E-state index in [0.717, 1.165) is 30.0 Å². The van der Waals surface area contributed by atoms with Gasteiger partial charge in [0.2, 0.25) is 0 Å². The third kappa shape index (κ3) is 2.54. The lowest BCUT2D eigenvalue weighted by Crippen LogP contribution is -2.07. The molecule has 0 amide bonds. The van der Waals surface area contributed by atoms with Crippen molar-refractivity contribution in [3.63, 3.8) is 0 Å². The molecular formula is C13H19N3. The van der Waals surface area contributed by atoms with E-state index in [4.69, 9.17) is 5.73 Å². The third-order valence-corrected chi connectivity index (χ3v) is 3.08. The maximum Gasteiger partial charge on any atom is 0.149 e.